The van der Waals surface area contributed by atoms with E-state index >= 15 is 0 Å². The summed E-state index contributed by atoms with van der Waals surface area (Å²) in [6, 6.07) is 0. The molecule has 0 bridgehead atoms. The lowest BCUT2D eigenvalue weighted by molar-refractivity contribution is 0.333. The zero-order chi connectivity index (χ0) is 9.40. The molecule has 0 radical (unpaired) electrons. The number of alkyl halides is 1. The van der Waals surface area contributed by atoms with E-state index in [1.165, 1.54) is 0 Å². The van der Waals surface area contributed by atoms with Crippen molar-refractivity contribution in [1.29, 1.82) is 0 Å². The van der Waals surface area contributed by atoms with Crippen molar-refractivity contribution in [3.8, 4) is 0 Å². The van der Waals surface area contributed by atoms with Crippen LogP contribution in [-0.2, 0) is 0 Å². The van der Waals surface area contributed by atoms with Gasteiger partial charge in [0.1, 0.15) is 12.4 Å². The van der Waals surface area contributed by atoms with Gasteiger partial charge in [0, 0.05) is 0 Å². The molecule has 72 valence electrons. The van der Waals surface area contributed by atoms with E-state index in [1.54, 1.807) is 0 Å². The SMILES string of the molecule is CCCCCC(CC)=C(O)CF. The van der Waals surface area contributed by atoms with Gasteiger partial charge in [-0.25, -0.2) is 4.39 Å². The van der Waals surface area contributed by atoms with Crippen molar-refractivity contribution >= 4 is 0 Å². The molecule has 0 saturated heterocycles. The van der Waals surface area contributed by atoms with E-state index in [4.69, 9.17) is 5.11 Å². The molecule has 0 spiro atoms. The van der Waals surface area contributed by atoms with Gasteiger partial charge in [0.05, 0.1) is 0 Å². The van der Waals surface area contributed by atoms with E-state index < -0.39 is 6.67 Å². The number of aliphatic hydroxyl groups is 1. The highest BCUT2D eigenvalue weighted by atomic mass is 19.1. The summed E-state index contributed by atoms with van der Waals surface area (Å²) in [5.41, 5.74) is 0.881. The van der Waals surface area contributed by atoms with Gasteiger partial charge in [0.25, 0.3) is 0 Å². The summed E-state index contributed by atoms with van der Waals surface area (Å²) >= 11 is 0. The van der Waals surface area contributed by atoms with E-state index in [9.17, 15) is 4.39 Å². The fourth-order valence-electron chi connectivity index (χ4n) is 1.21. The molecule has 2 heteroatoms. The molecule has 0 aromatic heterocycles. The van der Waals surface area contributed by atoms with Crippen LogP contribution in [-0.4, -0.2) is 11.8 Å². The molecule has 0 saturated carbocycles. The van der Waals surface area contributed by atoms with Crippen molar-refractivity contribution < 1.29 is 9.50 Å². The van der Waals surface area contributed by atoms with Crippen LogP contribution in [0.1, 0.15) is 46.0 Å². The maximum atomic E-state index is 12.0. The lowest BCUT2D eigenvalue weighted by Crippen LogP contribution is -1.93. The molecule has 0 rings (SSSR count). The van der Waals surface area contributed by atoms with E-state index in [1.807, 2.05) is 6.92 Å². The van der Waals surface area contributed by atoms with Crippen LogP contribution < -0.4 is 0 Å². The highest BCUT2D eigenvalue weighted by Gasteiger charge is 2.02. The lowest BCUT2D eigenvalue weighted by atomic mass is 10.0. The molecule has 0 fully saturated rings. The van der Waals surface area contributed by atoms with E-state index in [2.05, 4.69) is 6.92 Å². The average Bonchev–Trinajstić information content (AvgIpc) is 2.11. The van der Waals surface area contributed by atoms with Crippen LogP contribution in [0.5, 0.6) is 0 Å². The Balaban J connectivity index is 3.82. The first-order valence-electron chi connectivity index (χ1n) is 4.72. The van der Waals surface area contributed by atoms with Crippen molar-refractivity contribution in [2.24, 2.45) is 0 Å². The Morgan fingerprint density at radius 1 is 1.25 bits per heavy atom. The normalized spacial score (nSPS) is 12.9. The number of halogens is 1. The van der Waals surface area contributed by atoms with Gasteiger partial charge in [0.2, 0.25) is 0 Å². The van der Waals surface area contributed by atoms with Crippen molar-refractivity contribution in [2.75, 3.05) is 6.67 Å². The molecule has 0 aliphatic heterocycles. The highest BCUT2D eigenvalue weighted by Crippen LogP contribution is 2.15. The fourth-order valence-corrected chi connectivity index (χ4v) is 1.21. The first kappa shape index (κ1) is 11.5. The van der Waals surface area contributed by atoms with Crippen LogP contribution in [0.2, 0.25) is 0 Å². The number of hydrogen-bond donors (Lipinski definition) is 1. The number of rotatable bonds is 6. The minimum absolute atomic E-state index is 0.0476. The maximum absolute atomic E-state index is 12.0. The lowest BCUT2D eigenvalue weighted by Gasteiger charge is -2.05. The minimum Gasteiger partial charge on any atom is -0.510 e. The van der Waals surface area contributed by atoms with Gasteiger partial charge in [-0.15, -0.1) is 0 Å². The number of aliphatic hydroxyl groups excluding tert-OH is 1. The van der Waals surface area contributed by atoms with Crippen molar-refractivity contribution in [3.05, 3.63) is 11.3 Å². The number of unbranched alkanes of at least 4 members (excludes halogenated alkanes) is 2. The molecule has 0 aliphatic rings. The summed E-state index contributed by atoms with van der Waals surface area (Å²) in [5, 5.41) is 9.12. The van der Waals surface area contributed by atoms with Crippen LogP contribution in [0.25, 0.3) is 0 Å². The molecule has 0 aliphatic carbocycles. The molecular formula is C10H19FO. The van der Waals surface area contributed by atoms with Crippen LogP contribution in [0.4, 0.5) is 4.39 Å². The molecule has 0 heterocycles. The second kappa shape index (κ2) is 7.14. The summed E-state index contributed by atoms with van der Waals surface area (Å²) < 4.78 is 12.0. The zero-order valence-corrected chi connectivity index (χ0v) is 8.07. The topological polar surface area (TPSA) is 20.2 Å². The maximum Gasteiger partial charge on any atom is 0.146 e. The van der Waals surface area contributed by atoms with Crippen LogP contribution in [0, 0.1) is 0 Å². The van der Waals surface area contributed by atoms with Gasteiger partial charge in [-0.3, -0.25) is 0 Å². The van der Waals surface area contributed by atoms with E-state index in [-0.39, 0.29) is 5.76 Å². The molecule has 0 aromatic rings. The summed E-state index contributed by atoms with van der Waals surface area (Å²) in [4.78, 5) is 0. The number of hydrogen-bond acceptors (Lipinski definition) is 1. The molecule has 0 amide bonds. The van der Waals surface area contributed by atoms with E-state index in [0.717, 1.165) is 37.7 Å². The van der Waals surface area contributed by atoms with Crippen molar-refractivity contribution in [1.82, 2.24) is 0 Å². The quantitative estimate of drug-likeness (QED) is 0.480. The first-order chi connectivity index (χ1) is 5.76. The summed E-state index contributed by atoms with van der Waals surface area (Å²) in [7, 11) is 0. The smallest absolute Gasteiger partial charge is 0.146 e. The van der Waals surface area contributed by atoms with Gasteiger partial charge >= 0.3 is 0 Å². The second-order valence-electron chi connectivity index (χ2n) is 2.99. The first-order valence-corrected chi connectivity index (χ1v) is 4.72. The summed E-state index contributed by atoms with van der Waals surface area (Å²) in [6.07, 6.45) is 4.99. The van der Waals surface area contributed by atoms with Gasteiger partial charge in [0.15, 0.2) is 0 Å². The summed E-state index contributed by atoms with van der Waals surface area (Å²) in [6.45, 7) is 3.37. The third kappa shape index (κ3) is 4.37. The van der Waals surface area contributed by atoms with Gasteiger partial charge in [-0.2, -0.15) is 0 Å². The third-order valence-corrected chi connectivity index (χ3v) is 2.04. The molecule has 0 aromatic carbocycles. The highest BCUT2D eigenvalue weighted by molar-refractivity contribution is 5.06. The second-order valence-corrected chi connectivity index (χ2v) is 2.99. The van der Waals surface area contributed by atoms with Gasteiger partial charge in [-0.05, 0) is 24.8 Å². The molecule has 0 unspecified atom stereocenters. The average molecular weight is 174 g/mol. The minimum atomic E-state index is -0.713. The Labute approximate surface area is 74.3 Å². The zero-order valence-electron chi connectivity index (χ0n) is 8.07. The van der Waals surface area contributed by atoms with Crippen LogP contribution in [0.15, 0.2) is 11.3 Å². The standard InChI is InChI=1S/C10H19FO/c1-3-5-6-7-9(4-2)10(12)8-11/h12H,3-8H2,1-2H3. The van der Waals surface area contributed by atoms with E-state index in [0.29, 0.717) is 0 Å². The number of allylic oxidation sites excluding steroid dienone is 2. The fraction of sp³-hybridized carbons (Fsp3) is 0.800. The predicted molar refractivity (Wildman–Crippen MR) is 50.1 cm³/mol. The van der Waals surface area contributed by atoms with Gasteiger partial charge in [-0.1, -0.05) is 26.7 Å². The Bertz CT molecular complexity index is 141. The molecule has 0 atom stereocenters. The van der Waals surface area contributed by atoms with Crippen LogP contribution >= 0.6 is 0 Å². The Morgan fingerprint density at radius 3 is 2.33 bits per heavy atom. The Kier molecular flexibility index (Phi) is 6.82. The Morgan fingerprint density at radius 2 is 1.92 bits per heavy atom. The Hall–Kier alpha value is -0.530. The predicted octanol–water partition coefficient (Wildman–Crippen LogP) is 3.76. The third-order valence-electron chi connectivity index (χ3n) is 2.04. The monoisotopic (exact) mass is 174 g/mol. The van der Waals surface area contributed by atoms with Crippen LogP contribution in [0.3, 0.4) is 0 Å². The molecular weight excluding hydrogens is 155 g/mol. The van der Waals surface area contributed by atoms with Crippen molar-refractivity contribution in [3.63, 3.8) is 0 Å². The largest absolute Gasteiger partial charge is 0.510 e. The molecule has 1 N–H and O–H groups in total. The molecule has 1 nitrogen and oxygen atoms in total. The summed E-state index contributed by atoms with van der Waals surface area (Å²) in [5.74, 6) is -0.0476. The molecule has 12 heavy (non-hydrogen) atoms. The van der Waals surface area contributed by atoms with Gasteiger partial charge < -0.3 is 5.11 Å². The van der Waals surface area contributed by atoms with Crippen molar-refractivity contribution in [2.45, 2.75) is 46.0 Å².